The van der Waals surface area contributed by atoms with Crippen LogP contribution in [0, 0.1) is 6.92 Å². The first kappa shape index (κ1) is 13.5. The third-order valence-corrected chi connectivity index (χ3v) is 4.06. The second-order valence-electron chi connectivity index (χ2n) is 5.51. The Bertz CT molecular complexity index is 945. The molecule has 2 aromatic heterocycles. The standard InChI is InChI=1S/C17H14N4O2/c1-10-4-2-6-12-14(10)15(17(23)19-12)20-16(22)13-7-3-5-11-8-9-18-21(11)13/h2-9,15H,1H3,(H,19,23)(H,20,22). The van der Waals surface area contributed by atoms with E-state index < -0.39 is 6.04 Å². The van der Waals surface area contributed by atoms with E-state index in [4.69, 9.17) is 0 Å². The van der Waals surface area contributed by atoms with Crippen molar-refractivity contribution in [2.75, 3.05) is 5.32 Å². The molecule has 1 aliphatic heterocycles. The van der Waals surface area contributed by atoms with Crippen LogP contribution in [0.2, 0.25) is 0 Å². The highest BCUT2D eigenvalue weighted by Gasteiger charge is 2.33. The minimum absolute atomic E-state index is 0.227. The van der Waals surface area contributed by atoms with Gasteiger partial charge in [0.2, 0.25) is 0 Å². The number of benzene rings is 1. The number of aromatic nitrogens is 2. The minimum atomic E-state index is -0.690. The SMILES string of the molecule is Cc1cccc2c1C(NC(=O)c1cccc3ccnn13)C(=O)N2. The molecule has 0 saturated carbocycles. The van der Waals surface area contributed by atoms with Gasteiger partial charge in [-0.1, -0.05) is 18.2 Å². The highest BCUT2D eigenvalue weighted by atomic mass is 16.2. The Morgan fingerprint density at radius 1 is 1.22 bits per heavy atom. The molecule has 2 N–H and O–H groups in total. The zero-order valence-electron chi connectivity index (χ0n) is 12.4. The molecule has 6 heteroatoms. The molecule has 23 heavy (non-hydrogen) atoms. The van der Waals surface area contributed by atoms with Gasteiger partial charge in [-0.05, 0) is 36.8 Å². The molecule has 2 amide bonds. The largest absolute Gasteiger partial charge is 0.335 e. The van der Waals surface area contributed by atoms with Gasteiger partial charge >= 0.3 is 0 Å². The molecule has 0 spiro atoms. The normalized spacial score (nSPS) is 16.2. The number of rotatable bonds is 2. The van der Waals surface area contributed by atoms with Gasteiger partial charge in [0.05, 0.1) is 11.7 Å². The average Bonchev–Trinajstić information content (AvgIpc) is 3.12. The van der Waals surface area contributed by atoms with Gasteiger partial charge in [0.1, 0.15) is 11.7 Å². The van der Waals surface area contributed by atoms with E-state index in [2.05, 4.69) is 15.7 Å². The monoisotopic (exact) mass is 306 g/mol. The third-order valence-electron chi connectivity index (χ3n) is 4.06. The summed E-state index contributed by atoms with van der Waals surface area (Å²) in [5.41, 5.74) is 3.74. The van der Waals surface area contributed by atoms with E-state index in [1.54, 1.807) is 22.8 Å². The lowest BCUT2D eigenvalue weighted by molar-refractivity contribution is -0.117. The van der Waals surface area contributed by atoms with E-state index in [0.717, 1.165) is 22.3 Å². The lowest BCUT2D eigenvalue weighted by Gasteiger charge is -2.14. The minimum Gasteiger partial charge on any atom is -0.335 e. The van der Waals surface area contributed by atoms with Crippen molar-refractivity contribution in [3.8, 4) is 0 Å². The van der Waals surface area contributed by atoms with Crippen LogP contribution in [-0.4, -0.2) is 21.4 Å². The van der Waals surface area contributed by atoms with Crippen LogP contribution in [-0.2, 0) is 4.79 Å². The molecule has 0 bridgehead atoms. The second-order valence-corrected chi connectivity index (χ2v) is 5.51. The van der Waals surface area contributed by atoms with Gasteiger partial charge in [-0.2, -0.15) is 5.10 Å². The van der Waals surface area contributed by atoms with Crippen molar-refractivity contribution in [3.05, 3.63) is 65.5 Å². The molecule has 3 aromatic rings. The van der Waals surface area contributed by atoms with Crippen molar-refractivity contribution >= 4 is 23.0 Å². The summed E-state index contributed by atoms with van der Waals surface area (Å²) < 4.78 is 1.56. The molecule has 1 aromatic carbocycles. The molecular weight excluding hydrogens is 292 g/mol. The van der Waals surface area contributed by atoms with Gasteiger partial charge in [-0.3, -0.25) is 9.59 Å². The van der Waals surface area contributed by atoms with Crippen LogP contribution in [0.1, 0.15) is 27.7 Å². The zero-order valence-corrected chi connectivity index (χ0v) is 12.4. The Morgan fingerprint density at radius 3 is 2.91 bits per heavy atom. The van der Waals surface area contributed by atoms with Gasteiger partial charge < -0.3 is 10.6 Å². The maximum absolute atomic E-state index is 12.6. The first-order chi connectivity index (χ1) is 11.1. The zero-order chi connectivity index (χ0) is 16.0. The molecule has 114 valence electrons. The van der Waals surface area contributed by atoms with Crippen LogP contribution in [0.25, 0.3) is 5.52 Å². The van der Waals surface area contributed by atoms with Crippen LogP contribution < -0.4 is 10.6 Å². The first-order valence-electron chi connectivity index (χ1n) is 7.29. The summed E-state index contributed by atoms with van der Waals surface area (Å²) in [6.45, 7) is 1.92. The van der Waals surface area contributed by atoms with Crippen LogP contribution >= 0.6 is 0 Å². The molecule has 0 fully saturated rings. The fourth-order valence-electron chi connectivity index (χ4n) is 2.97. The molecule has 6 nitrogen and oxygen atoms in total. The molecular formula is C17H14N4O2. The van der Waals surface area contributed by atoms with Gasteiger partial charge in [0.25, 0.3) is 11.8 Å². The number of carbonyl (C=O) groups is 2. The summed E-state index contributed by atoms with van der Waals surface area (Å²) in [4.78, 5) is 24.8. The molecule has 4 rings (SSSR count). The molecule has 0 aliphatic carbocycles. The number of nitrogens with zero attached hydrogens (tertiary/aromatic N) is 2. The number of aryl methyl sites for hydroxylation is 1. The van der Waals surface area contributed by atoms with E-state index in [1.807, 2.05) is 37.3 Å². The van der Waals surface area contributed by atoms with E-state index in [0.29, 0.717) is 5.69 Å². The lowest BCUT2D eigenvalue weighted by Crippen LogP contribution is -2.34. The number of amides is 2. The van der Waals surface area contributed by atoms with Crippen molar-refractivity contribution in [2.24, 2.45) is 0 Å². The van der Waals surface area contributed by atoms with E-state index >= 15 is 0 Å². The number of pyridine rings is 1. The molecule has 0 saturated heterocycles. The van der Waals surface area contributed by atoms with E-state index in [-0.39, 0.29) is 11.8 Å². The molecule has 1 atom stereocenters. The molecule has 1 aliphatic rings. The molecule has 3 heterocycles. The van der Waals surface area contributed by atoms with E-state index in [9.17, 15) is 9.59 Å². The Morgan fingerprint density at radius 2 is 2.04 bits per heavy atom. The van der Waals surface area contributed by atoms with Crippen molar-refractivity contribution in [1.82, 2.24) is 14.9 Å². The van der Waals surface area contributed by atoms with Crippen LogP contribution in [0.15, 0.2) is 48.7 Å². The molecule has 1 unspecified atom stereocenters. The second kappa shape index (κ2) is 4.95. The van der Waals surface area contributed by atoms with Crippen molar-refractivity contribution < 1.29 is 9.59 Å². The summed E-state index contributed by atoms with van der Waals surface area (Å²) in [5, 5.41) is 9.76. The van der Waals surface area contributed by atoms with Crippen LogP contribution in [0.3, 0.4) is 0 Å². The van der Waals surface area contributed by atoms with Gasteiger partial charge in [0.15, 0.2) is 0 Å². The topological polar surface area (TPSA) is 75.5 Å². The first-order valence-corrected chi connectivity index (χ1v) is 7.29. The Labute approximate surface area is 132 Å². The van der Waals surface area contributed by atoms with Crippen molar-refractivity contribution in [1.29, 1.82) is 0 Å². The highest BCUT2D eigenvalue weighted by Crippen LogP contribution is 2.33. The number of anilines is 1. The maximum atomic E-state index is 12.6. The van der Waals surface area contributed by atoms with Crippen LogP contribution in [0.4, 0.5) is 5.69 Å². The lowest BCUT2D eigenvalue weighted by atomic mass is 10.0. The number of hydrogen-bond acceptors (Lipinski definition) is 3. The maximum Gasteiger partial charge on any atom is 0.270 e. The molecule has 0 radical (unpaired) electrons. The summed E-state index contributed by atoms with van der Waals surface area (Å²) >= 11 is 0. The highest BCUT2D eigenvalue weighted by molar-refractivity contribution is 6.06. The Kier molecular flexibility index (Phi) is 2.90. The average molecular weight is 306 g/mol. The predicted octanol–water partition coefficient (Wildman–Crippen LogP) is 2.07. The van der Waals surface area contributed by atoms with E-state index in [1.165, 1.54) is 0 Å². The fraction of sp³-hybridized carbons (Fsp3) is 0.118. The quantitative estimate of drug-likeness (QED) is 0.761. The van der Waals surface area contributed by atoms with Crippen molar-refractivity contribution in [2.45, 2.75) is 13.0 Å². The van der Waals surface area contributed by atoms with Gasteiger partial charge in [0, 0.05) is 11.3 Å². The number of carbonyl (C=O) groups excluding carboxylic acids is 2. The summed E-state index contributed by atoms with van der Waals surface area (Å²) in [7, 11) is 0. The fourth-order valence-corrected chi connectivity index (χ4v) is 2.97. The predicted molar refractivity (Wildman–Crippen MR) is 85.2 cm³/mol. The summed E-state index contributed by atoms with van der Waals surface area (Å²) in [5.74, 6) is -0.564. The number of nitrogens with one attached hydrogen (secondary N) is 2. The smallest absolute Gasteiger partial charge is 0.270 e. The third kappa shape index (κ3) is 2.07. The number of fused-ring (bicyclic) bond motifs is 2. The number of hydrogen-bond donors (Lipinski definition) is 2. The van der Waals surface area contributed by atoms with Gasteiger partial charge in [-0.25, -0.2) is 4.52 Å². The Hall–Kier alpha value is -3.15. The van der Waals surface area contributed by atoms with Crippen molar-refractivity contribution in [3.63, 3.8) is 0 Å². The van der Waals surface area contributed by atoms with Crippen LogP contribution in [0.5, 0.6) is 0 Å². The Balaban J connectivity index is 1.70. The summed E-state index contributed by atoms with van der Waals surface area (Å²) in [6.07, 6.45) is 1.63. The van der Waals surface area contributed by atoms with Gasteiger partial charge in [-0.15, -0.1) is 0 Å². The summed E-state index contributed by atoms with van der Waals surface area (Å²) in [6, 6.07) is 12.1.